The molecule has 2 aliphatic rings. The number of imide groups is 1. The minimum absolute atomic E-state index is 0.211. The van der Waals surface area contributed by atoms with Crippen LogP contribution in [-0.4, -0.2) is 51.8 Å². The first-order valence-electron chi connectivity index (χ1n) is 10.1. The molecule has 2 aromatic rings. The number of piperidine rings is 1. The second-order valence-corrected chi connectivity index (χ2v) is 7.93. The minimum atomic E-state index is -0.948. The van der Waals surface area contributed by atoms with Gasteiger partial charge >= 0.3 is 6.03 Å². The van der Waals surface area contributed by atoms with Gasteiger partial charge in [-0.1, -0.05) is 30.3 Å². The average molecular weight is 407 g/mol. The fourth-order valence-corrected chi connectivity index (χ4v) is 4.46. The largest absolute Gasteiger partial charge is 0.384 e. The Hall–Kier alpha value is -3.42. The summed E-state index contributed by atoms with van der Waals surface area (Å²) in [6, 6.07) is 12.0. The molecule has 4 amide bonds. The van der Waals surface area contributed by atoms with E-state index in [1.807, 2.05) is 18.2 Å². The van der Waals surface area contributed by atoms with Crippen LogP contribution in [0.5, 0.6) is 0 Å². The number of hydrogen-bond acceptors (Lipinski definition) is 5. The van der Waals surface area contributed by atoms with Crippen LogP contribution in [0, 0.1) is 5.92 Å². The maximum absolute atomic E-state index is 13.1. The molecule has 0 bridgehead atoms. The molecule has 2 saturated heterocycles. The number of pyridine rings is 1. The van der Waals surface area contributed by atoms with Crippen LogP contribution in [0.2, 0.25) is 0 Å². The fourth-order valence-electron chi connectivity index (χ4n) is 4.46. The molecular weight excluding hydrogens is 382 g/mol. The molecule has 0 unspecified atom stereocenters. The molecule has 3 atom stereocenters. The normalized spacial score (nSPS) is 23.7. The van der Waals surface area contributed by atoms with Crippen LogP contribution in [0.25, 0.3) is 0 Å². The Morgan fingerprint density at radius 3 is 2.63 bits per heavy atom. The monoisotopic (exact) mass is 407 g/mol. The number of amides is 4. The lowest BCUT2D eigenvalue weighted by Crippen LogP contribution is -2.70. The number of carbonyl (C=O) groups excluding carboxylic acids is 3. The van der Waals surface area contributed by atoms with Crippen molar-refractivity contribution in [3.8, 4) is 0 Å². The van der Waals surface area contributed by atoms with Crippen LogP contribution >= 0.6 is 0 Å². The second-order valence-electron chi connectivity index (χ2n) is 7.93. The van der Waals surface area contributed by atoms with E-state index in [9.17, 15) is 14.4 Å². The van der Waals surface area contributed by atoms with Crippen LogP contribution in [0.4, 0.5) is 10.6 Å². The molecule has 0 aliphatic carbocycles. The summed E-state index contributed by atoms with van der Waals surface area (Å²) in [6.45, 7) is 1.08. The fraction of sp³-hybridized carbons (Fsp3) is 0.364. The second kappa shape index (κ2) is 8.14. The molecule has 1 aromatic carbocycles. The van der Waals surface area contributed by atoms with Crippen molar-refractivity contribution in [3.63, 3.8) is 0 Å². The first-order valence-corrected chi connectivity index (χ1v) is 10.1. The Balaban J connectivity index is 1.48. The van der Waals surface area contributed by atoms with Crippen LogP contribution in [0.1, 0.15) is 29.9 Å². The summed E-state index contributed by atoms with van der Waals surface area (Å²) in [5.41, 5.74) is 13.2. The van der Waals surface area contributed by atoms with E-state index < -0.39 is 23.9 Å². The Morgan fingerprint density at radius 2 is 1.93 bits per heavy atom. The van der Waals surface area contributed by atoms with E-state index in [1.54, 1.807) is 23.2 Å². The molecular formula is C22H25N5O3. The van der Waals surface area contributed by atoms with Crippen molar-refractivity contribution >= 4 is 23.7 Å². The third-order valence-electron chi connectivity index (χ3n) is 5.98. The number of aromatic nitrogens is 1. The molecule has 2 fully saturated rings. The quantitative estimate of drug-likeness (QED) is 0.744. The van der Waals surface area contributed by atoms with Crippen molar-refractivity contribution in [2.75, 3.05) is 18.8 Å². The number of nitrogen functional groups attached to an aromatic ring is 1. The molecule has 4 rings (SSSR count). The summed E-state index contributed by atoms with van der Waals surface area (Å²) in [5.74, 6) is -1.17. The summed E-state index contributed by atoms with van der Waals surface area (Å²) < 4.78 is 0. The van der Waals surface area contributed by atoms with Crippen molar-refractivity contribution in [1.29, 1.82) is 0 Å². The number of nitrogens with two attached hydrogens (primary N) is 2. The van der Waals surface area contributed by atoms with Gasteiger partial charge in [-0.15, -0.1) is 0 Å². The first-order chi connectivity index (χ1) is 14.5. The standard InChI is InChI=1S/C22H25N5O3/c23-18-12-14(8-9-25-18)11-17-19(20(24)28)27(21(17)29)22(30)26-10-4-7-16(13-26)15-5-2-1-3-6-15/h1-3,5-6,8-9,12,16-17,19H,4,7,10-11,13H2,(H2,23,25)(H2,24,28)/t16-,17+,19-/m0/s1. The van der Waals surface area contributed by atoms with Gasteiger partial charge in [0.05, 0.1) is 5.92 Å². The number of anilines is 1. The molecule has 8 nitrogen and oxygen atoms in total. The van der Waals surface area contributed by atoms with E-state index in [4.69, 9.17) is 11.5 Å². The van der Waals surface area contributed by atoms with E-state index in [-0.39, 0.29) is 18.2 Å². The van der Waals surface area contributed by atoms with Gasteiger partial charge in [0.15, 0.2) is 0 Å². The van der Waals surface area contributed by atoms with Crippen LogP contribution in [-0.2, 0) is 16.0 Å². The summed E-state index contributed by atoms with van der Waals surface area (Å²) in [5, 5.41) is 0. The Kier molecular flexibility index (Phi) is 5.39. The Labute approximate surface area is 174 Å². The molecule has 2 aliphatic heterocycles. The van der Waals surface area contributed by atoms with Gasteiger partial charge in [-0.25, -0.2) is 9.78 Å². The highest BCUT2D eigenvalue weighted by Gasteiger charge is 2.54. The predicted octanol–water partition coefficient (Wildman–Crippen LogP) is 1.52. The Morgan fingerprint density at radius 1 is 1.17 bits per heavy atom. The van der Waals surface area contributed by atoms with E-state index in [1.165, 1.54) is 5.56 Å². The number of hydrogen-bond donors (Lipinski definition) is 2. The highest BCUT2D eigenvalue weighted by molar-refractivity contribution is 6.08. The number of primary amides is 1. The highest BCUT2D eigenvalue weighted by Crippen LogP contribution is 2.33. The first kappa shape index (κ1) is 19.9. The van der Waals surface area contributed by atoms with Crippen molar-refractivity contribution in [1.82, 2.24) is 14.8 Å². The summed E-state index contributed by atoms with van der Waals surface area (Å²) in [7, 11) is 0. The summed E-state index contributed by atoms with van der Waals surface area (Å²) in [4.78, 5) is 44.7. The zero-order valence-corrected chi connectivity index (χ0v) is 16.6. The summed E-state index contributed by atoms with van der Waals surface area (Å²) in [6.07, 6.45) is 3.66. The van der Waals surface area contributed by atoms with Gasteiger partial charge in [-0.05, 0) is 42.5 Å². The average Bonchev–Trinajstić information content (AvgIpc) is 2.75. The maximum atomic E-state index is 13.1. The van der Waals surface area contributed by atoms with Gasteiger partial charge in [0.25, 0.3) is 0 Å². The molecule has 0 saturated carbocycles. The smallest absolute Gasteiger partial charge is 0.327 e. The van der Waals surface area contributed by atoms with Gasteiger partial charge in [-0.3, -0.25) is 14.5 Å². The predicted molar refractivity (Wildman–Crippen MR) is 111 cm³/mol. The maximum Gasteiger partial charge on any atom is 0.327 e. The summed E-state index contributed by atoms with van der Waals surface area (Å²) >= 11 is 0. The van der Waals surface area contributed by atoms with E-state index >= 15 is 0 Å². The van der Waals surface area contributed by atoms with Gasteiger partial charge in [-0.2, -0.15) is 0 Å². The van der Waals surface area contributed by atoms with Gasteiger partial charge in [0.2, 0.25) is 11.8 Å². The topological polar surface area (TPSA) is 123 Å². The highest BCUT2D eigenvalue weighted by atomic mass is 16.2. The number of rotatable bonds is 4. The molecule has 0 radical (unpaired) electrons. The number of β-lactam (4-membered cyclic amide) rings is 1. The van der Waals surface area contributed by atoms with Crippen molar-refractivity contribution in [2.24, 2.45) is 11.7 Å². The van der Waals surface area contributed by atoms with Crippen molar-refractivity contribution < 1.29 is 14.4 Å². The number of benzene rings is 1. The Bertz CT molecular complexity index is 964. The van der Waals surface area contributed by atoms with Gasteiger partial charge in [0, 0.05) is 25.2 Å². The van der Waals surface area contributed by atoms with Gasteiger partial charge in [0.1, 0.15) is 11.9 Å². The van der Waals surface area contributed by atoms with Crippen LogP contribution < -0.4 is 11.5 Å². The molecule has 8 heteroatoms. The van der Waals surface area contributed by atoms with Crippen molar-refractivity contribution in [3.05, 3.63) is 59.8 Å². The lowest BCUT2D eigenvalue weighted by Gasteiger charge is -2.46. The molecule has 3 heterocycles. The minimum Gasteiger partial charge on any atom is -0.384 e. The van der Waals surface area contributed by atoms with E-state index in [0.717, 1.165) is 23.3 Å². The van der Waals surface area contributed by atoms with Gasteiger partial charge < -0.3 is 16.4 Å². The van der Waals surface area contributed by atoms with Crippen LogP contribution in [0.15, 0.2) is 48.7 Å². The van der Waals surface area contributed by atoms with E-state index in [0.29, 0.717) is 18.9 Å². The molecule has 1 aromatic heterocycles. The van der Waals surface area contributed by atoms with E-state index in [2.05, 4.69) is 17.1 Å². The number of nitrogens with zero attached hydrogens (tertiary/aromatic N) is 3. The SMILES string of the molecule is NC(=O)[C@@H]1[C@@H](Cc2ccnc(N)c2)C(=O)N1C(=O)N1CCC[C@H](c2ccccc2)C1. The zero-order chi connectivity index (χ0) is 21.3. The third-order valence-corrected chi connectivity index (χ3v) is 5.98. The molecule has 156 valence electrons. The van der Waals surface area contributed by atoms with Crippen molar-refractivity contribution in [2.45, 2.75) is 31.2 Å². The molecule has 0 spiro atoms. The zero-order valence-electron chi connectivity index (χ0n) is 16.6. The molecule has 30 heavy (non-hydrogen) atoms. The third kappa shape index (κ3) is 3.72. The lowest BCUT2D eigenvalue weighted by atomic mass is 9.82. The number of carbonyl (C=O) groups is 3. The lowest BCUT2D eigenvalue weighted by molar-refractivity contribution is -0.157. The number of likely N-dealkylation sites (tertiary alicyclic amines) is 2. The number of urea groups is 1. The molecule has 4 N–H and O–H groups in total. The van der Waals surface area contributed by atoms with Crippen LogP contribution in [0.3, 0.4) is 0 Å².